The number of azo groups is 1. The zero-order chi connectivity index (χ0) is 28.3. The maximum Gasteiger partial charge on any atom is 1.00 e. The largest absolute Gasteiger partial charge is 1.00 e. The van der Waals surface area contributed by atoms with E-state index in [1.165, 1.54) is 18.2 Å². The molecule has 0 spiro atoms. The Hall–Kier alpha value is -2.70. The standard InChI is InChI=1S/C27H23Cl2N3O6S.Na/c1-3-15-9-12-21(26(23(15)29)39(35,36)37)31-32-24-18-8-6-5-7-16(18)13-19(25(24)33)27(34)30-22-14-17(38-4-2)10-11-20(22)28;/h5-14,33H,3-4H2,1-2H3,(H,30,34)(H,35,36,37);/q;+1/p-1. The molecule has 4 aromatic rings. The fraction of sp³-hybridized carbons (Fsp3) is 0.148. The Morgan fingerprint density at radius 1 is 1.05 bits per heavy atom. The molecule has 4 rings (SSSR count). The van der Waals surface area contributed by atoms with E-state index in [4.69, 9.17) is 27.9 Å². The summed E-state index contributed by atoms with van der Waals surface area (Å²) in [6.07, 6.45) is 0.406. The van der Waals surface area contributed by atoms with Gasteiger partial charge in [-0.3, -0.25) is 9.35 Å². The molecule has 202 valence electrons. The number of ether oxygens (including phenoxy) is 1. The number of benzene rings is 4. The van der Waals surface area contributed by atoms with Crippen LogP contribution in [0.15, 0.2) is 75.8 Å². The molecule has 0 heterocycles. The molecule has 0 saturated carbocycles. The van der Waals surface area contributed by atoms with E-state index in [0.717, 1.165) is 0 Å². The Morgan fingerprint density at radius 3 is 2.45 bits per heavy atom. The fourth-order valence-corrected chi connectivity index (χ4v) is 5.39. The normalized spacial score (nSPS) is 11.4. The number of fused-ring (bicyclic) bond motifs is 1. The van der Waals surface area contributed by atoms with Gasteiger partial charge >= 0.3 is 29.6 Å². The molecule has 0 bridgehead atoms. The van der Waals surface area contributed by atoms with Crippen molar-refractivity contribution >= 4 is 67.1 Å². The van der Waals surface area contributed by atoms with E-state index in [1.54, 1.807) is 49.4 Å². The second-order valence-corrected chi connectivity index (χ2v) is 10.4. The molecule has 2 N–H and O–H groups in total. The minimum atomic E-state index is -4.77. The third-order valence-electron chi connectivity index (χ3n) is 5.77. The van der Waals surface area contributed by atoms with Gasteiger partial charge in [-0.15, -0.1) is 5.11 Å². The van der Waals surface area contributed by atoms with Gasteiger partial charge in [0.15, 0.2) is 0 Å². The first-order valence-corrected chi connectivity index (χ1v) is 13.9. The zero-order valence-corrected chi connectivity index (χ0v) is 26.1. The summed E-state index contributed by atoms with van der Waals surface area (Å²) in [4.78, 5) is 12.6. The molecule has 0 unspecified atom stereocenters. The van der Waals surface area contributed by atoms with Crippen LogP contribution in [-0.2, 0) is 16.5 Å². The number of anilines is 1. The van der Waals surface area contributed by atoms with Gasteiger partial charge in [-0.25, -0.2) is 0 Å². The second-order valence-electron chi connectivity index (χ2n) is 8.27. The van der Waals surface area contributed by atoms with Gasteiger partial charge < -0.3 is 15.2 Å². The number of carbonyl (C=O) groups excluding carboxylic acids is 1. The van der Waals surface area contributed by atoms with Crippen LogP contribution in [0.4, 0.5) is 17.1 Å². The van der Waals surface area contributed by atoms with Crippen LogP contribution in [-0.4, -0.2) is 25.5 Å². The summed E-state index contributed by atoms with van der Waals surface area (Å²) in [6.45, 7) is 3.99. The number of nitrogens with zero attached hydrogens (tertiary/aromatic N) is 2. The number of hydrogen-bond acceptors (Lipinski definition) is 7. The van der Waals surface area contributed by atoms with Crippen LogP contribution in [0.5, 0.6) is 11.5 Å². The van der Waals surface area contributed by atoms with Gasteiger partial charge in [-0.1, -0.05) is 66.2 Å². The average molecular weight is 610 g/mol. The Morgan fingerprint density at radius 2 is 1.77 bits per heavy atom. The van der Waals surface area contributed by atoms with Crippen LogP contribution in [0.2, 0.25) is 10.0 Å². The van der Waals surface area contributed by atoms with Crippen LogP contribution < -0.4 is 44.7 Å². The third-order valence-corrected chi connectivity index (χ3v) is 7.57. The van der Waals surface area contributed by atoms with E-state index < -0.39 is 26.7 Å². The molecule has 0 fully saturated rings. The number of hydrogen-bond donors (Lipinski definition) is 2. The Labute approximate surface area is 263 Å². The molecule has 0 aliphatic heterocycles. The zero-order valence-electron chi connectivity index (χ0n) is 21.7. The Kier molecular flexibility index (Phi) is 10.6. The Balaban J connectivity index is 0.00000441. The SMILES string of the molecule is CCOc1ccc(Cl)c(NC(=O)c2cc3ccccc3c(N=Nc3ccc(CC)c(Cl)c3S(=O)(=O)O)c2[O-])c1.[Na+]. The predicted molar refractivity (Wildman–Crippen MR) is 149 cm³/mol. The van der Waals surface area contributed by atoms with Gasteiger partial charge in [0.25, 0.3) is 16.0 Å². The van der Waals surface area contributed by atoms with Crippen molar-refractivity contribution in [3.8, 4) is 11.5 Å². The third kappa shape index (κ3) is 6.77. The van der Waals surface area contributed by atoms with Gasteiger partial charge in [0, 0.05) is 17.0 Å². The quantitative estimate of drug-likeness (QED) is 0.175. The van der Waals surface area contributed by atoms with Crippen LogP contribution >= 0.6 is 23.2 Å². The van der Waals surface area contributed by atoms with Crippen molar-refractivity contribution in [2.45, 2.75) is 25.2 Å². The number of amides is 1. The Bertz CT molecular complexity index is 1730. The van der Waals surface area contributed by atoms with Crippen molar-refractivity contribution in [1.29, 1.82) is 0 Å². The topological polar surface area (TPSA) is 140 Å². The van der Waals surface area contributed by atoms with Crippen molar-refractivity contribution in [1.82, 2.24) is 0 Å². The molecule has 1 amide bonds. The fourth-order valence-electron chi connectivity index (χ4n) is 3.91. The van der Waals surface area contributed by atoms with E-state index in [9.17, 15) is 22.9 Å². The summed E-state index contributed by atoms with van der Waals surface area (Å²) in [5.74, 6) is -1.02. The molecule has 0 aliphatic rings. The molecule has 4 aromatic carbocycles. The van der Waals surface area contributed by atoms with E-state index in [0.29, 0.717) is 35.1 Å². The van der Waals surface area contributed by atoms with Crippen LogP contribution in [0.3, 0.4) is 0 Å². The summed E-state index contributed by atoms with van der Waals surface area (Å²) in [5, 5.41) is 25.0. The number of rotatable bonds is 8. The first-order chi connectivity index (χ1) is 18.5. The van der Waals surface area contributed by atoms with E-state index in [2.05, 4.69) is 15.5 Å². The molecule has 0 aliphatic carbocycles. The molecular formula is C27H22Cl2N3NaO6S. The summed E-state index contributed by atoms with van der Waals surface area (Å²) in [7, 11) is -4.77. The van der Waals surface area contributed by atoms with Gasteiger partial charge in [-0.05, 0) is 48.6 Å². The summed E-state index contributed by atoms with van der Waals surface area (Å²) in [5.41, 5.74) is 0.00703. The van der Waals surface area contributed by atoms with E-state index >= 15 is 0 Å². The monoisotopic (exact) mass is 609 g/mol. The molecule has 13 heteroatoms. The van der Waals surface area contributed by atoms with Crippen molar-refractivity contribution < 1.29 is 57.2 Å². The minimum absolute atomic E-state index is 0. The van der Waals surface area contributed by atoms with Gasteiger partial charge in [0.2, 0.25) is 0 Å². The van der Waals surface area contributed by atoms with Gasteiger partial charge in [0.05, 0.1) is 28.0 Å². The summed E-state index contributed by atoms with van der Waals surface area (Å²) >= 11 is 12.5. The first kappa shape index (κ1) is 31.8. The molecule has 0 saturated heterocycles. The van der Waals surface area contributed by atoms with Gasteiger partial charge in [0.1, 0.15) is 16.3 Å². The summed E-state index contributed by atoms with van der Waals surface area (Å²) < 4.78 is 39.4. The van der Waals surface area contributed by atoms with Crippen molar-refractivity contribution in [3.63, 3.8) is 0 Å². The second kappa shape index (κ2) is 13.3. The van der Waals surface area contributed by atoms with Crippen molar-refractivity contribution in [2.24, 2.45) is 10.2 Å². The number of carbonyl (C=O) groups is 1. The predicted octanol–water partition coefficient (Wildman–Crippen LogP) is 4.10. The molecule has 0 atom stereocenters. The van der Waals surface area contributed by atoms with E-state index in [-0.39, 0.29) is 62.2 Å². The smallest absolute Gasteiger partial charge is 0.870 e. The van der Waals surface area contributed by atoms with Crippen molar-refractivity contribution in [2.75, 3.05) is 11.9 Å². The first-order valence-electron chi connectivity index (χ1n) is 11.7. The van der Waals surface area contributed by atoms with Crippen LogP contribution in [0, 0.1) is 0 Å². The number of halogens is 2. The minimum Gasteiger partial charge on any atom is -0.870 e. The van der Waals surface area contributed by atoms with E-state index in [1.807, 2.05) is 6.92 Å². The summed E-state index contributed by atoms with van der Waals surface area (Å²) in [6, 6.07) is 15.7. The molecule has 40 heavy (non-hydrogen) atoms. The van der Waals surface area contributed by atoms with Crippen LogP contribution in [0.1, 0.15) is 29.8 Å². The maximum atomic E-state index is 13.5. The number of aryl methyl sites for hydroxylation is 1. The maximum absolute atomic E-state index is 13.5. The molecule has 9 nitrogen and oxygen atoms in total. The average Bonchev–Trinajstić information content (AvgIpc) is 2.89. The molecular weight excluding hydrogens is 588 g/mol. The van der Waals surface area contributed by atoms with Gasteiger partial charge in [-0.2, -0.15) is 13.5 Å². The number of nitrogens with one attached hydrogen (secondary N) is 1. The van der Waals surface area contributed by atoms with Crippen molar-refractivity contribution in [3.05, 3.63) is 81.8 Å². The molecule has 0 radical (unpaired) electrons. The molecule has 0 aromatic heterocycles. The van der Waals surface area contributed by atoms with Crippen LogP contribution in [0.25, 0.3) is 10.8 Å².